The Morgan fingerprint density at radius 2 is 2.26 bits per heavy atom. The lowest BCUT2D eigenvalue weighted by Gasteiger charge is -2.26. The molecule has 0 aliphatic carbocycles. The van der Waals surface area contributed by atoms with Crippen molar-refractivity contribution in [3.8, 4) is 6.07 Å². The Kier molecular flexibility index (Phi) is 4.56. The van der Waals surface area contributed by atoms with Gasteiger partial charge < -0.3 is 4.90 Å². The highest BCUT2D eigenvalue weighted by Crippen LogP contribution is 2.23. The summed E-state index contributed by atoms with van der Waals surface area (Å²) < 4.78 is 0.951. The lowest BCUT2D eigenvalue weighted by atomic mass is 10.1. The normalized spacial score (nSPS) is 21.0. The van der Waals surface area contributed by atoms with Crippen LogP contribution < -0.4 is 4.90 Å². The van der Waals surface area contributed by atoms with Crippen LogP contribution in [0.25, 0.3) is 0 Å². The zero-order valence-electron chi connectivity index (χ0n) is 10.8. The van der Waals surface area contributed by atoms with Crippen molar-refractivity contribution >= 4 is 27.5 Å². The number of rotatable bonds is 2. The van der Waals surface area contributed by atoms with E-state index < -0.39 is 0 Å². The van der Waals surface area contributed by atoms with Gasteiger partial charge in [-0.05, 0) is 31.7 Å². The summed E-state index contributed by atoms with van der Waals surface area (Å²) in [6.45, 7) is 1.53. The Hall–Kier alpha value is -1.38. The van der Waals surface area contributed by atoms with Crippen molar-refractivity contribution in [2.45, 2.75) is 18.9 Å². The highest BCUT2D eigenvalue weighted by molar-refractivity contribution is 9.10. The van der Waals surface area contributed by atoms with Crippen molar-refractivity contribution in [3.05, 3.63) is 28.7 Å². The van der Waals surface area contributed by atoms with E-state index in [1.54, 1.807) is 4.90 Å². The average Bonchev–Trinajstić information content (AvgIpc) is 2.52. The van der Waals surface area contributed by atoms with Crippen LogP contribution >= 0.6 is 15.9 Å². The summed E-state index contributed by atoms with van der Waals surface area (Å²) in [7, 11) is 1.91. The van der Waals surface area contributed by atoms with Crippen LogP contribution in [-0.4, -0.2) is 37.0 Å². The first-order chi connectivity index (χ1) is 9.13. The predicted molar refractivity (Wildman–Crippen MR) is 77.8 cm³/mol. The van der Waals surface area contributed by atoms with Gasteiger partial charge in [0.1, 0.15) is 6.04 Å². The van der Waals surface area contributed by atoms with Gasteiger partial charge in [-0.25, -0.2) is 0 Å². The van der Waals surface area contributed by atoms with E-state index in [4.69, 9.17) is 5.26 Å². The first-order valence-electron chi connectivity index (χ1n) is 6.27. The van der Waals surface area contributed by atoms with E-state index in [9.17, 15) is 4.79 Å². The maximum Gasteiger partial charge on any atom is 0.245 e. The van der Waals surface area contributed by atoms with Crippen molar-refractivity contribution in [2.24, 2.45) is 0 Å². The summed E-state index contributed by atoms with van der Waals surface area (Å²) >= 11 is 3.43. The third kappa shape index (κ3) is 3.14. The second kappa shape index (κ2) is 6.18. The molecule has 0 spiro atoms. The van der Waals surface area contributed by atoms with Gasteiger partial charge >= 0.3 is 0 Å². The van der Waals surface area contributed by atoms with E-state index in [1.807, 2.05) is 36.2 Å². The number of carbonyl (C=O) groups is 1. The quantitative estimate of drug-likeness (QED) is 0.840. The van der Waals surface area contributed by atoms with Crippen LogP contribution in [0.15, 0.2) is 28.7 Å². The minimum absolute atomic E-state index is 0.0136. The minimum atomic E-state index is -0.341. The van der Waals surface area contributed by atoms with Gasteiger partial charge in [-0.3, -0.25) is 9.69 Å². The molecule has 100 valence electrons. The van der Waals surface area contributed by atoms with Gasteiger partial charge in [0.15, 0.2) is 0 Å². The Morgan fingerprint density at radius 3 is 2.95 bits per heavy atom. The summed E-state index contributed by atoms with van der Waals surface area (Å²) in [4.78, 5) is 16.3. The topological polar surface area (TPSA) is 47.3 Å². The molecule has 1 aliphatic heterocycles. The zero-order valence-corrected chi connectivity index (χ0v) is 12.4. The van der Waals surface area contributed by atoms with Crippen molar-refractivity contribution in [1.82, 2.24) is 4.90 Å². The van der Waals surface area contributed by atoms with Gasteiger partial charge in [0.2, 0.25) is 5.91 Å². The maximum absolute atomic E-state index is 12.6. The van der Waals surface area contributed by atoms with E-state index >= 15 is 0 Å². The molecule has 1 fully saturated rings. The third-order valence-electron chi connectivity index (χ3n) is 3.38. The molecule has 1 aliphatic rings. The van der Waals surface area contributed by atoms with Crippen LogP contribution in [0.1, 0.15) is 12.8 Å². The van der Waals surface area contributed by atoms with Crippen LogP contribution in [0.2, 0.25) is 0 Å². The number of amides is 1. The summed E-state index contributed by atoms with van der Waals surface area (Å²) in [5, 5.41) is 8.89. The van der Waals surface area contributed by atoms with Crippen LogP contribution in [-0.2, 0) is 4.79 Å². The molecule has 0 radical (unpaired) electrons. The molecule has 2 rings (SSSR count). The molecular formula is C14H16BrN3O. The number of benzene rings is 1. The molecule has 1 heterocycles. The summed E-state index contributed by atoms with van der Waals surface area (Å²) in [5.41, 5.74) is 0.887. The van der Waals surface area contributed by atoms with Gasteiger partial charge in [-0.15, -0.1) is 0 Å². The highest BCUT2D eigenvalue weighted by Gasteiger charge is 2.31. The number of nitrogens with zero attached hydrogens (tertiary/aromatic N) is 3. The highest BCUT2D eigenvalue weighted by atomic mass is 79.9. The molecule has 1 amide bonds. The Morgan fingerprint density at radius 1 is 1.47 bits per heavy atom. The summed E-state index contributed by atoms with van der Waals surface area (Å²) in [5.74, 6) is 0.0136. The molecule has 0 saturated carbocycles. The number of halogens is 1. The second-order valence-electron chi connectivity index (χ2n) is 4.68. The molecule has 5 heteroatoms. The molecule has 1 aromatic carbocycles. The van der Waals surface area contributed by atoms with Gasteiger partial charge in [-0.2, -0.15) is 5.26 Å². The lowest BCUT2D eigenvalue weighted by molar-refractivity contribution is -0.122. The Labute approximate surface area is 121 Å². The maximum atomic E-state index is 12.6. The Balaban J connectivity index is 2.30. The van der Waals surface area contributed by atoms with Gasteiger partial charge in [0.25, 0.3) is 0 Å². The van der Waals surface area contributed by atoms with E-state index in [1.165, 1.54) is 0 Å². The smallest absolute Gasteiger partial charge is 0.245 e. The van der Waals surface area contributed by atoms with Crippen LogP contribution in [0, 0.1) is 11.3 Å². The molecule has 1 atom stereocenters. The minimum Gasteiger partial charge on any atom is -0.311 e. The van der Waals surface area contributed by atoms with E-state index in [-0.39, 0.29) is 18.4 Å². The van der Waals surface area contributed by atoms with Gasteiger partial charge in [0, 0.05) is 23.2 Å². The first kappa shape index (κ1) is 14.0. The summed E-state index contributed by atoms with van der Waals surface area (Å²) in [6.07, 6.45) is 1.15. The number of hydrogen-bond donors (Lipinski definition) is 0. The number of likely N-dealkylation sites (N-methyl/N-ethyl adjacent to an activating group) is 1. The molecule has 0 aromatic heterocycles. The van der Waals surface area contributed by atoms with Crippen molar-refractivity contribution in [2.75, 3.05) is 25.0 Å². The molecule has 19 heavy (non-hydrogen) atoms. The SMILES string of the molecule is CN1CCCN(c2cccc(Br)c2)C(=O)C1CC#N. The number of anilines is 1. The third-order valence-corrected chi connectivity index (χ3v) is 3.87. The fourth-order valence-electron chi connectivity index (χ4n) is 2.34. The molecule has 1 aromatic rings. The second-order valence-corrected chi connectivity index (χ2v) is 5.60. The largest absolute Gasteiger partial charge is 0.311 e. The average molecular weight is 322 g/mol. The van der Waals surface area contributed by atoms with E-state index in [0.717, 1.165) is 23.1 Å². The fourth-order valence-corrected chi connectivity index (χ4v) is 2.73. The van der Waals surface area contributed by atoms with Gasteiger partial charge in [0.05, 0.1) is 12.5 Å². The molecule has 0 bridgehead atoms. The van der Waals surface area contributed by atoms with E-state index in [0.29, 0.717) is 6.54 Å². The van der Waals surface area contributed by atoms with Crippen LogP contribution in [0.4, 0.5) is 5.69 Å². The van der Waals surface area contributed by atoms with Crippen molar-refractivity contribution in [1.29, 1.82) is 5.26 Å². The molecule has 4 nitrogen and oxygen atoms in total. The lowest BCUT2D eigenvalue weighted by Crippen LogP contribution is -2.44. The number of carbonyl (C=O) groups excluding carboxylic acids is 1. The first-order valence-corrected chi connectivity index (χ1v) is 7.07. The van der Waals surface area contributed by atoms with Crippen molar-refractivity contribution in [3.63, 3.8) is 0 Å². The standard InChI is InChI=1S/C14H16BrN3O/c1-17-8-3-9-18(14(19)13(17)6-7-16)12-5-2-4-11(15)10-12/h2,4-5,10,13H,3,6,8-9H2,1H3. The monoisotopic (exact) mass is 321 g/mol. The zero-order chi connectivity index (χ0) is 13.8. The van der Waals surface area contributed by atoms with E-state index in [2.05, 4.69) is 22.0 Å². The Bertz CT molecular complexity index is 512. The van der Waals surface area contributed by atoms with Crippen LogP contribution in [0.5, 0.6) is 0 Å². The molecule has 0 N–H and O–H groups in total. The van der Waals surface area contributed by atoms with Crippen LogP contribution in [0.3, 0.4) is 0 Å². The predicted octanol–water partition coefficient (Wildman–Crippen LogP) is 2.40. The number of nitriles is 1. The summed E-state index contributed by atoms with van der Waals surface area (Å²) in [6, 6.07) is 9.49. The number of hydrogen-bond acceptors (Lipinski definition) is 3. The molecular weight excluding hydrogens is 306 g/mol. The molecule has 1 unspecified atom stereocenters. The fraction of sp³-hybridized carbons (Fsp3) is 0.429. The molecule has 1 saturated heterocycles. The van der Waals surface area contributed by atoms with Gasteiger partial charge in [-0.1, -0.05) is 22.0 Å². The van der Waals surface area contributed by atoms with Crippen molar-refractivity contribution < 1.29 is 4.79 Å².